The minimum absolute atomic E-state index is 0.0596. The van der Waals surface area contributed by atoms with E-state index in [2.05, 4.69) is 4.74 Å². The van der Waals surface area contributed by atoms with E-state index in [0.717, 1.165) is 0 Å². The van der Waals surface area contributed by atoms with Crippen molar-refractivity contribution in [1.82, 2.24) is 5.43 Å². The average Bonchev–Trinajstić information content (AvgIpc) is 2.30. The minimum atomic E-state index is -1.66. The molecule has 0 bridgehead atoms. The fourth-order valence-corrected chi connectivity index (χ4v) is 0.996. The van der Waals surface area contributed by atoms with Crippen molar-refractivity contribution in [3.63, 3.8) is 0 Å². The molecule has 1 rings (SSSR count). The van der Waals surface area contributed by atoms with Crippen LogP contribution in [0.4, 0.5) is 17.6 Å². The van der Waals surface area contributed by atoms with Gasteiger partial charge in [0.05, 0.1) is 13.0 Å². The second-order valence-electron chi connectivity index (χ2n) is 2.96. The molecule has 3 N–H and O–H groups in total. The maximum Gasteiger partial charge on any atom is 0.237 e. The molecule has 0 heterocycles. The van der Waals surface area contributed by atoms with Gasteiger partial charge in [-0.2, -0.15) is 8.78 Å². The Morgan fingerprint density at radius 3 is 2.24 bits per heavy atom. The quantitative estimate of drug-likeness (QED) is 0.276. The van der Waals surface area contributed by atoms with E-state index < -0.39 is 41.5 Å². The van der Waals surface area contributed by atoms with Crippen LogP contribution in [0.15, 0.2) is 6.07 Å². The normalized spacial score (nSPS) is 10.2. The molecule has 8 heteroatoms. The first-order chi connectivity index (χ1) is 7.97. The summed E-state index contributed by atoms with van der Waals surface area (Å²) in [5.74, 6) is -3.59. The summed E-state index contributed by atoms with van der Waals surface area (Å²) in [7, 11) is 0. The van der Waals surface area contributed by atoms with Gasteiger partial charge in [-0.25, -0.2) is 14.6 Å². The van der Waals surface area contributed by atoms with E-state index in [1.807, 2.05) is 0 Å². The number of ether oxygens (including phenoxy) is 1. The molecule has 4 nitrogen and oxygen atoms in total. The zero-order chi connectivity index (χ0) is 13.0. The number of hydrazine groups is 1. The number of halogens is 4. The van der Waals surface area contributed by atoms with Crippen LogP contribution in [0, 0.1) is 23.3 Å². The highest BCUT2D eigenvalue weighted by atomic mass is 19.2. The van der Waals surface area contributed by atoms with Crippen LogP contribution in [0.2, 0.25) is 0 Å². The Labute approximate surface area is 93.3 Å². The Bertz CT molecular complexity index is 413. The third-order valence-corrected chi connectivity index (χ3v) is 1.81. The number of amides is 1. The second kappa shape index (κ2) is 5.48. The van der Waals surface area contributed by atoms with E-state index in [4.69, 9.17) is 5.84 Å². The van der Waals surface area contributed by atoms with Crippen molar-refractivity contribution in [3.8, 4) is 5.75 Å². The Morgan fingerprint density at radius 2 is 1.76 bits per heavy atom. The predicted octanol–water partition coefficient (Wildman–Crippen LogP) is 1.00. The summed E-state index contributed by atoms with van der Waals surface area (Å²) in [5.41, 5.74) is 1.75. The maximum atomic E-state index is 13.0. The number of rotatable bonds is 4. The molecule has 0 aliphatic rings. The molecule has 0 aliphatic heterocycles. The summed E-state index contributed by atoms with van der Waals surface area (Å²) in [6.45, 7) is -0.472. The Hall–Kier alpha value is -1.83. The second-order valence-corrected chi connectivity index (χ2v) is 2.96. The number of carbonyl (C=O) groups excluding carboxylic acids is 1. The van der Waals surface area contributed by atoms with Gasteiger partial charge < -0.3 is 4.74 Å². The van der Waals surface area contributed by atoms with E-state index >= 15 is 0 Å². The number of nitrogens with one attached hydrogen (secondary N) is 1. The molecule has 1 aromatic carbocycles. The van der Waals surface area contributed by atoms with Crippen molar-refractivity contribution in [3.05, 3.63) is 29.3 Å². The van der Waals surface area contributed by atoms with Crippen LogP contribution in [0.25, 0.3) is 0 Å². The topological polar surface area (TPSA) is 64.3 Å². The van der Waals surface area contributed by atoms with Gasteiger partial charge in [-0.3, -0.25) is 10.2 Å². The number of hydrogen-bond donors (Lipinski definition) is 2. The Balaban J connectivity index is 2.80. The lowest BCUT2D eigenvalue weighted by Gasteiger charge is -2.08. The van der Waals surface area contributed by atoms with E-state index in [0.29, 0.717) is 0 Å². The van der Waals surface area contributed by atoms with Gasteiger partial charge in [-0.15, -0.1) is 0 Å². The van der Waals surface area contributed by atoms with Gasteiger partial charge in [0.2, 0.25) is 17.5 Å². The molecule has 1 amide bonds. The molecular weight excluding hydrogens is 244 g/mol. The molecule has 0 radical (unpaired) electrons. The lowest BCUT2D eigenvalue weighted by Crippen LogP contribution is -2.31. The SMILES string of the molecule is NNC(=O)CCOc1c(F)c(F)cc(F)c1F. The van der Waals surface area contributed by atoms with E-state index in [9.17, 15) is 22.4 Å². The third kappa shape index (κ3) is 3.06. The number of hydrogen-bond acceptors (Lipinski definition) is 3. The van der Waals surface area contributed by atoms with Crippen LogP contribution < -0.4 is 16.0 Å². The molecule has 94 valence electrons. The minimum Gasteiger partial charge on any atom is -0.487 e. The highest BCUT2D eigenvalue weighted by molar-refractivity contribution is 5.75. The number of benzene rings is 1. The summed E-state index contributed by atoms with van der Waals surface area (Å²) in [6.07, 6.45) is -0.312. The maximum absolute atomic E-state index is 13.0. The lowest BCUT2D eigenvalue weighted by atomic mass is 10.3. The standard InChI is InChI=1S/C9H8F4N2O2/c10-4-3-5(11)8(13)9(7(4)12)17-2-1-6(16)15-14/h3H,1-2,14H2,(H,15,16). The molecule has 0 spiro atoms. The molecule has 0 fully saturated rings. The first-order valence-corrected chi connectivity index (χ1v) is 4.42. The molecule has 17 heavy (non-hydrogen) atoms. The van der Waals surface area contributed by atoms with Crippen molar-refractivity contribution in [2.24, 2.45) is 5.84 Å². The monoisotopic (exact) mass is 252 g/mol. The third-order valence-electron chi connectivity index (χ3n) is 1.81. The molecule has 0 atom stereocenters. The van der Waals surface area contributed by atoms with Crippen LogP contribution in [-0.4, -0.2) is 12.5 Å². The van der Waals surface area contributed by atoms with Gasteiger partial charge in [0.25, 0.3) is 0 Å². The largest absolute Gasteiger partial charge is 0.487 e. The van der Waals surface area contributed by atoms with Crippen LogP contribution in [0.5, 0.6) is 5.75 Å². The highest BCUT2D eigenvalue weighted by Gasteiger charge is 2.20. The van der Waals surface area contributed by atoms with E-state index in [-0.39, 0.29) is 12.5 Å². The van der Waals surface area contributed by atoms with Crippen molar-refractivity contribution in [2.45, 2.75) is 6.42 Å². The summed E-state index contributed by atoms with van der Waals surface area (Å²) < 4.78 is 55.9. The first kappa shape index (κ1) is 13.2. The first-order valence-electron chi connectivity index (χ1n) is 4.42. The van der Waals surface area contributed by atoms with Crippen molar-refractivity contribution in [2.75, 3.05) is 6.61 Å². The summed E-state index contributed by atoms with van der Waals surface area (Å²) >= 11 is 0. The zero-order valence-electron chi connectivity index (χ0n) is 8.40. The van der Waals surface area contributed by atoms with Gasteiger partial charge in [0.15, 0.2) is 17.4 Å². The van der Waals surface area contributed by atoms with Crippen molar-refractivity contribution >= 4 is 5.91 Å². The van der Waals surface area contributed by atoms with Gasteiger partial charge in [-0.05, 0) is 0 Å². The smallest absolute Gasteiger partial charge is 0.237 e. The average molecular weight is 252 g/mol. The van der Waals surface area contributed by atoms with Crippen molar-refractivity contribution < 1.29 is 27.1 Å². The van der Waals surface area contributed by atoms with E-state index in [1.54, 1.807) is 5.43 Å². The number of nitrogens with two attached hydrogens (primary N) is 1. The van der Waals surface area contributed by atoms with Crippen LogP contribution >= 0.6 is 0 Å². The van der Waals surface area contributed by atoms with Crippen molar-refractivity contribution in [1.29, 1.82) is 0 Å². The predicted molar refractivity (Wildman–Crippen MR) is 48.7 cm³/mol. The van der Waals surface area contributed by atoms with Gasteiger partial charge in [0, 0.05) is 6.07 Å². The highest BCUT2D eigenvalue weighted by Crippen LogP contribution is 2.26. The molecule has 0 aliphatic carbocycles. The Kier molecular flexibility index (Phi) is 4.27. The fraction of sp³-hybridized carbons (Fsp3) is 0.222. The van der Waals surface area contributed by atoms with Gasteiger partial charge >= 0.3 is 0 Å². The summed E-state index contributed by atoms with van der Waals surface area (Å²) in [4.78, 5) is 10.7. The summed E-state index contributed by atoms with van der Waals surface area (Å²) in [5, 5.41) is 0. The molecule has 0 saturated heterocycles. The molecule has 0 unspecified atom stereocenters. The van der Waals surface area contributed by atoms with Crippen LogP contribution in [-0.2, 0) is 4.79 Å². The van der Waals surface area contributed by atoms with Gasteiger partial charge in [0.1, 0.15) is 0 Å². The van der Waals surface area contributed by atoms with E-state index in [1.165, 1.54) is 0 Å². The van der Waals surface area contributed by atoms with Crippen LogP contribution in [0.3, 0.4) is 0 Å². The molecule has 0 saturated carbocycles. The zero-order valence-corrected chi connectivity index (χ0v) is 8.40. The Morgan fingerprint density at radius 1 is 1.24 bits per heavy atom. The van der Waals surface area contributed by atoms with Gasteiger partial charge in [-0.1, -0.05) is 0 Å². The molecular formula is C9H8F4N2O2. The molecule has 0 aromatic heterocycles. The van der Waals surface area contributed by atoms with Crippen LogP contribution in [0.1, 0.15) is 6.42 Å². The lowest BCUT2D eigenvalue weighted by molar-refractivity contribution is -0.121. The number of carbonyl (C=O) groups is 1. The molecule has 1 aromatic rings. The summed E-state index contributed by atoms with van der Waals surface area (Å²) in [6, 6.07) is 0.0596. The fourth-order valence-electron chi connectivity index (χ4n) is 0.996.